The molecule has 2 aromatic heterocycles. The lowest BCUT2D eigenvalue weighted by atomic mass is 10.3. The molecule has 8 heteroatoms. The minimum absolute atomic E-state index is 0.378. The molecule has 114 valence electrons. The summed E-state index contributed by atoms with van der Waals surface area (Å²) in [6.07, 6.45) is 0.763. The number of hydrogen-bond donors (Lipinski definition) is 2. The highest BCUT2D eigenvalue weighted by atomic mass is 16.2. The largest absolute Gasteiger partial charge is 0.329 e. The molecule has 2 N–H and O–H groups in total. The Morgan fingerprint density at radius 1 is 1.14 bits per heavy atom. The van der Waals surface area contributed by atoms with Crippen molar-refractivity contribution in [1.82, 2.24) is 29.3 Å². The van der Waals surface area contributed by atoms with E-state index in [2.05, 4.69) is 20.2 Å². The van der Waals surface area contributed by atoms with Gasteiger partial charge in [0.2, 0.25) is 0 Å². The number of piperazine rings is 1. The standard InChI is InChI=1S/C13H20N6O2/c1-17-9(3-6-19-7-4-14-5-8-19)15-11-10(17)12(20)16-13(21)18(11)2/h14H,3-8H2,1-2H3,(H,16,20,21). The van der Waals surface area contributed by atoms with Crippen LogP contribution in [0.2, 0.25) is 0 Å². The lowest BCUT2D eigenvalue weighted by molar-refractivity contribution is 0.242. The molecule has 0 unspecified atom stereocenters. The number of aromatic nitrogens is 4. The van der Waals surface area contributed by atoms with Crippen LogP contribution in [0.1, 0.15) is 5.82 Å². The summed E-state index contributed by atoms with van der Waals surface area (Å²) in [5.41, 5.74) is 0.0877. The number of nitrogens with zero attached hydrogens (tertiary/aromatic N) is 4. The fraction of sp³-hybridized carbons (Fsp3) is 0.615. The fourth-order valence-corrected chi connectivity index (χ4v) is 2.77. The Balaban J connectivity index is 1.91. The first-order valence-corrected chi connectivity index (χ1v) is 7.15. The second-order valence-corrected chi connectivity index (χ2v) is 5.42. The van der Waals surface area contributed by atoms with Gasteiger partial charge in [0, 0.05) is 53.2 Å². The molecular formula is C13H20N6O2. The van der Waals surface area contributed by atoms with Gasteiger partial charge in [-0.3, -0.25) is 14.3 Å². The third kappa shape index (κ3) is 2.52. The maximum absolute atomic E-state index is 11.9. The van der Waals surface area contributed by atoms with Gasteiger partial charge in [-0.15, -0.1) is 0 Å². The molecule has 0 aromatic carbocycles. The van der Waals surface area contributed by atoms with Crippen LogP contribution in [-0.2, 0) is 20.5 Å². The van der Waals surface area contributed by atoms with Crippen LogP contribution < -0.4 is 16.6 Å². The smallest absolute Gasteiger partial charge is 0.325 e. The number of hydrogen-bond acceptors (Lipinski definition) is 5. The highest BCUT2D eigenvalue weighted by Crippen LogP contribution is 2.09. The van der Waals surface area contributed by atoms with Gasteiger partial charge in [0.05, 0.1) is 0 Å². The summed E-state index contributed by atoms with van der Waals surface area (Å²) in [4.78, 5) is 32.7. The maximum Gasteiger partial charge on any atom is 0.329 e. The first kappa shape index (κ1) is 14.0. The van der Waals surface area contributed by atoms with E-state index in [1.54, 1.807) is 11.6 Å². The Hall–Kier alpha value is -1.93. The zero-order valence-electron chi connectivity index (χ0n) is 12.3. The third-order valence-corrected chi connectivity index (χ3v) is 4.09. The minimum Gasteiger partial charge on any atom is -0.325 e. The molecule has 1 saturated heterocycles. The van der Waals surface area contributed by atoms with Crippen LogP contribution in [0.4, 0.5) is 0 Å². The van der Waals surface area contributed by atoms with Gasteiger partial charge < -0.3 is 14.8 Å². The Bertz CT molecular complexity index is 765. The Morgan fingerprint density at radius 3 is 2.57 bits per heavy atom. The van der Waals surface area contributed by atoms with E-state index in [0.29, 0.717) is 11.2 Å². The molecule has 1 aliphatic heterocycles. The van der Waals surface area contributed by atoms with Gasteiger partial charge in [-0.2, -0.15) is 0 Å². The lowest BCUT2D eigenvalue weighted by Gasteiger charge is -2.26. The van der Waals surface area contributed by atoms with E-state index in [1.807, 2.05) is 7.05 Å². The molecule has 3 rings (SSSR count). The minimum atomic E-state index is -0.431. The van der Waals surface area contributed by atoms with Crippen LogP contribution in [-0.4, -0.2) is 56.7 Å². The summed E-state index contributed by atoms with van der Waals surface area (Å²) in [5, 5.41) is 3.32. The van der Waals surface area contributed by atoms with E-state index in [0.717, 1.165) is 45.0 Å². The lowest BCUT2D eigenvalue weighted by Crippen LogP contribution is -2.44. The van der Waals surface area contributed by atoms with E-state index in [-0.39, 0.29) is 5.56 Å². The van der Waals surface area contributed by atoms with Crippen LogP contribution in [0, 0.1) is 0 Å². The second kappa shape index (κ2) is 5.45. The topological polar surface area (TPSA) is 88.0 Å². The van der Waals surface area contributed by atoms with Crippen molar-refractivity contribution < 1.29 is 0 Å². The van der Waals surface area contributed by atoms with E-state index in [1.165, 1.54) is 4.57 Å². The average Bonchev–Trinajstić information content (AvgIpc) is 2.81. The number of imidazole rings is 1. The molecule has 21 heavy (non-hydrogen) atoms. The highest BCUT2D eigenvalue weighted by Gasteiger charge is 2.16. The SMILES string of the molecule is Cn1c(CCN2CCNCC2)nc2c1c(=O)[nH]c(=O)n2C. The van der Waals surface area contributed by atoms with Gasteiger partial charge in [-0.25, -0.2) is 9.78 Å². The summed E-state index contributed by atoms with van der Waals surface area (Å²) in [5.74, 6) is 0.829. The molecule has 1 fully saturated rings. The molecule has 0 saturated carbocycles. The Morgan fingerprint density at radius 2 is 1.86 bits per heavy atom. The summed E-state index contributed by atoms with van der Waals surface area (Å²) in [6, 6.07) is 0. The zero-order valence-corrected chi connectivity index (χ0v) is 12.3. The maximum atomic E-state index is 11.9. The summed E-state index contributed by atoms with van der Waals surface area (Å²) in [7, 11) is 3.44. The van der Waals surface area contributed by atoms with Crippen LogP contribution in [0.25, 0.3) is 11.2 Å². The van der Waals surface area contributed by atoms with E-state index < -0.39 is 5.69 Å². The van der Waals surface area contributed by atoms with Crippen molar-refractivity contribution in [3.63, 3.8) is 0 Å². The number of aromatic amines is 1. The molecule has 3 heterocycles. The van der Waals surface area contributed by atoms with Crippen LogP contribution in [0.5, 0.6) is 0 Å². The number of fused-ring (bicyclic) bond motifs is 1. The van der Waals surface area contributed by atoms with Crippen molar-refractivity contribution >= 4 is 11.2 Å². The molecule has 1 aliphatic rings. The fourth-order valence-electron chi connectivity index (χ4n) is 2.77. The molecule has 0 atom stereocenters. The molecular weight excluding hydrogens is 272 g/mol. The predicted molar refractivity (Wildman–Crippen MR) is 79.6 cm³/mol. The first-order chi connectivity index (χ1) is 10.1. The number of rotatable bonds is 3. The monoisotopic (exact) mass is 292 g/mol. The van der Waals surface area contributed by atoms with Crippen molar-refractivity contribution in [2.75, 3.05) is 32.7 Å². The quantitative estimate of drug-likeness (QED) is 0.712. The summed E-state index contributed by atoms with van der Waals surface area (Å²) < 4.78 is 3.17. The Kier molecular flexibility index (Phi) is 3.64. The molecule has 0 aliphatic carbocycles. The third-order valence-electron chi connectivity index (χ3n) is 4.09. The van der Waals surface area contributed by atoms with E-state index in [4.69, 9.17) is 0 Å². The van der Waals surface area contributed by atoms with Crippen LogP contribution in [0.3, 0.4) is 0 Å². The normalized spacial score (nSPS) is 16.7. The number of nitrogens with one attached hydrogen (secondary N) is 2. The molecule has 0 radical (unpaired) electrons. The molecule has 8 nitrogen and oxygen atoms in total. The Labute approximate surface area is 121 Å². The summed E-state index contributed by atoms with van der Waals surface area (Å²) in [6.45, 7) is 4.99. The van der Waals surface area contributed by atoms with Gasteiger partial charge in [-0.05, 0) is 0 Å². The van der Waals surface area contributed by atoms with Crippen molar-refractivity contribution in [3.8, 4) is 0 Å². The number of aryl methyl sites for hydroxylation is 2. The molecule has 2 aromatic rings. The van der Waals surface area contributed by atoms with Crippen LogP contribution >= 0.6 is 0 Å². The molecule has 0 bridgehead atoms. The predicted octanol–water partition coefficient (Wildman–Crippen LogP) is -1.59. The zero-order chi connectivity index (χ0) is 15.0. The second-order valence-electron chi connectivity index (χ2n) is 5.42. The van der Waals surface area contributed by atoms with Crippen LogP contribution in [0.15, 0.2) is 9.59 Å². The van der Waals surface area contributed by atoms with Crippen molar-refractivity contribution in [3.05, 3.63) is 26.7 Å². The van der Waals surface area contributed by atoms with Gasteiger partial charge in [0.1, 0.15) is 5.82 Å². The van der Waals surface area contributed by atoms with Gasteiger partial charge in [0.25, 0.3) is 5.56 Å². The van der Waals surface area contributed by atoms with Crippen molar-refractivity contribution in [1.29, 1.82) is 0 Å². The average molecular weight is 292 g/mol. The van der Waals surface area contributed by atoms with E-state index in [9.17, 15) is 9.59 Å². The highest BCUT2D eigenvalue weighted by molar-refractivity contribution is 5.70. The molecule has 0 amide bonds. The van der Waals surface area contributed by atoms with Gasteiger partial charge >= 0.3 is 5.69 Å². The van der Waals surface area contributed by atoms with Gasteiger partial charge in [-0.1, -0.05) is 0 Å². The molecule has 0 spiro atoms. The number of H-pyrrole nitrogens is 1. The van der Waals surface area contributed by atoms with Crippen molar-refractivity contribution in [2.45, 2.75) is 6.42 Å². The first-order valence-electron chi connectivity index (χ1n) is 7.15. The summed E-state index contributed by atoms with van der Waals surface area (Å²) >= 11 is 0. The van der Waals surface area contributed by atoms with E-state index >= 15 is 0 Å². The van der Waals surface area contributed by atoms with Crippen molar-refractivity contribution in [2.24, 2.45) is 14.1 Å². The van der Waals surface area contributed by atoms with Gasteiger partial charge in [0.15, 0.2) is 11.2 Å².